The highest BCUT2D eigenvalue weighted by Gasteiger charge is 2.14. The van der Waals surface area contributed by atoms with Gasteiger partial charge in [-0.2, -0.15) is 0 Å². The van der Waals surface area contributed by atoms with Crippen LogP contribution in [0.4, 0.5) is 5.95 Å². The van der Waals surface area contributed by atoms with Crippen molar-refractivity contribution in [3.8, 4) is 5.75 Å². The first kappa shape index (κ1) is 19.1. The largest absolute Gasteiger partial charge is 0.497 e. The molecule has 6 nitrogen and oxygen atoms in total. The minimum atomic E-state index is -0.171. The van der Waals surface area contributed by atoms with Gasteiger partial charge in [0.25, 0.3) is 5.91 Å². The van der Waals surface area contributed by atoms with Gasteiger partial charge in [-0.1, -0.05) is 37.8 Å². The van der Waals surface area contributed by atoms with Crippen molar-refractivity contribution in [3.63, 3.8) is 0 Å². The van der Waals surface area contributed by atoms with Crippen LogP contribution < -0.4 is 15.4 Å². The zero-order valence-electron chi connectivity index (χ0n) is 15.9. The van der Waals surface area contributed by atoms with Gasteiger partial charge in [0.15, 0.2) is 0 Å². The maximum atomic E-state index is 12.4. The fraction of sp³-hybridized carbons (Fsp3) is 0.476. The molecule has 27 heavy (non-hydrogen) atoms. The van der Waals surface area contributed by atoms with Crippen LogP contribution in [-0.2, 0) is 6.42 Å². The molecule has 1 aromatic heterocycles. The van der Waals surface area contributed by atoms with Crippen LogP contribution in [0.25, 0.3) is 0 Å². The highest BCUT2D eigenvalue weighted by molar-refractivity contribution is 5.92. The summed E-state index contributed by atoms with van der Waals surface area (Å²) in [4.78, 5) is 21.1. The number of rotatable bonds is 7. The van der Waals surface area contributed by atoms with Crippen LogP contribution in [0.15, 0.2) is 36.5 Å². The summed E-state index contributed by atoms with van der Waals surface area (Å²) in [6.45, 7) is 0.556. The molecule has 2 N–H and O–H groups in total. The van der Waals surface area contributed by atoms with E-state index in [1.54, 1.807) is 19.4 Å². The lowest BCUT2D eigenvalue weighted by molar-refractivity contribution is 0.0949. The molecule has 6 heteroatoms. The SMILES string of the molecule is COc1ccc(CCNC(=O)c2ccnc(NC3CCCCCC3)n2)cc1. The molecule has 0 aliphatic heterocycles. The van der Waals surface area contributed by atoms with E-state index >= 15 is 0 Å². The van der Waals surface area contributed by atoms with Gasteiger partial charge in [-0.05, 0) is 43.0 Å². The quantitative estimate of drug-likeness (QED) is 0.731. The molecule has 0 radical (unpaired) electrons. The number of amides is 1. The predicted molar refractivity (Wildman–Crippen MR) is 106 cm³/mol. The van der Waals surface area contributed by atoms with E-state index < -0.39 is 0 Å². The zero-order valence-corrected chi connectivity index (χ0v) is 15.9. The first-order valence-electron chi connectivity index (χ1n) is 9.75. The Balaban J connectivity index is 1.50. The van der Waals surface area contributed by atoms with Gasteiger partial charge < -0.3 is 15.4 Å². The van der Waals surface area contributed by atoms with E-state index in [2.05, 4.69) is 20.6 Å². The minimum Gasteiger partial charge on any atom is -0.497 e. The van der Waals surface area contributed by atoms with Gasteiger partial charge in [0.1, 0.15) is 11.4 Å². The summed E-state index contributed by atoms with van der Waals surface area (Å²) in [5, 5.41) is 6.32. The molecular weight excluding hydrogens is 340 g/mol. The van der Waals surface area contributed by atoms with Crippen LogP contribution >= 0.6 is 0 Å². The number of hydrogen-bond acceptors (Lipinski definition) is 5. The molecule has 1 saturated carbocycles. The summed E-state index contributed by atoms with van der Waals surface area (Å²) in [5.74, 6) is 1.21. The molecule has 0 spiro atoms. The van der Waals surface area contributed by atoms with Crippen molar-refractivity contribution in [1.82, 2.24) is 15.3 Å². The van der Waals surface area contributed by atoms with E-state index in [1.807, 2.05) is 24.3 Å². The minimum absolute atomic E-state index is 0.171. The number of benzene rings is 1. The summed E-state index contributed by atoms with van der Waals surface area (Å²) in [7, 11) is 1.65. The van der Waals surface area contributed by atoms with Crippen molar-refractivity contribution in [3.05, 3.63) is 47.8 Å². The molecule has 0 unspecified atom stereocenters. The number of carbonyl (C=O) groups excluding carboxylic acids is 1. The Hall–Kier alpha value is -2.63. The molecular formula is C21H28N4O2. The highest BCUT2D eigenvalue weighted by Crippen LogP contribution is 2.19. The molecule has 0 saturated heterocycles. The van der Waals surface area contributed by atoms with Crippen LogP contribution in [0, 0.1) is 0 Å². The number of aromatic nitrogens is 2. The molecule has 1 aromatic carbocycles. The first-order chi connectivity index (χ1) is 13.2. The topological polar surface area (TPSA) is 76.1 Å². The van der Waals surface area contributed by atoms with Crippen LogP contribution in [0.2, 0.25) is 0 Å². The van der Waals surface area contributed by atoms with Crippen molar-refractivity contribution in [2.75, 3.05) is 19.0 Å². The molecule has 2 aromatic rings. The molecule has 144 valence electrons. The molecule has 1 fully saturated rings. The van der Waals surface area contributed by atoms with E-state index in [0.717, 1.165) is 30.6 Å². The number of hydrogen-bond donors (Lipinski definition) is 2. The number of anilines is 1. The fourth-order valence-corrected chi connectivity index (χ4v) is 3.36. The van der Waals surface area contributed by atoms with Gasteiger partial charge in [0.2, 0.25) is 5.95 Å². The van der Waals surface area contributed by atoms with Crippen molar-refractivity contribution >= 4 is 11.9 Å². The van der Waals surface area contributed by atoms with Gasteiger partial charge in [0.05, 0.1) is 7.11 Å². The Labute approximate surface area is 160 Å². The van der Waals surface area contributed by atoms with Crippen molar-refractivity contribution in [2.45, 2.75) is 51.0 Å². The first-order valence-corrected chi connectivity index (χ1v) is 9.75. The lowest BCUT2D eigenvalue weighted by Gasteiger charge is -2.16. The number of nitrogens with zero attached hydrogens (tertiary/aromatic N) is 2. The molecule has 1 amide bonds. The third-order valence-corrected chi connectivity index (χ3v) is 4.93. The molecule has 1 heterocycles. The van der Waals surface area contributed by atoms with E-state index in [0.29, 0.717) is 24.2 Å². The van der Waals surface area contributed by atoms with Crippen LogP contribution in [0.5, 0.6) is 5.75 Å². The second-order valence-electron chi connectivity index (χ2n) is 6.95. The smallest absolute Gasteiger partial charge is 0.270 e. The Morgan fingerprint density at radius 2 is 1.85 bits per heavy atom. The maximum absolute atomic E-state index is 12.4. The summed E-state index contributed by atoms with van der Waals surface area (Å²) in [5.41, 5.74) is 1.55. The average Bonchev–Trinajstić information content (AvgIpc) is 2.97. The van der Waals surface area contributed by atoms with Crippen LogP contribution in [0.1, 0.15) is 54.6 Å². The van der Waals surface area contributed by atoms with Gasteiger partial charge in [-0.25, -0.2) is 9.97 Å². The van der Waals surface area contributed by atoms with Crippen molar-refractivity contribution in [1.29, 1.82) is 0 Å². The number of methoxy groups -OCH3 is 1. The zero-order chi connectivity index (χ0) is 18.9. The monoisotopic (exact) mass is 368 g/mol. The van der Waals surface area contributed by atoms with Gasteiger partial charge in [-0.3, -0.25) is 4.79 Å². The van der Waals surface area contributed by atoms with Gasteiger partial charge in [-0.15, -0.1) is 0 Å². The Kier molecular flexibility index (Phi) is 7.02. The third kappa shape index (κ3) is 5.94. The Bertz CT molecular complexity index is 725. The van der Waals surface area contributed by atoms with E-state index in [9.17, 15) is 4.79 Å². The second kappa shape index (κ2) is 9.90. The number of carbonyl (C=O) groups is 1. The van der Waals surface area contributed by atoms with E-state index in [1.165, 1.54) is 25.7 Å². The average molecular weight is 368 g/mol. The summed E-state index contributed by atoms with van der Waals surface area (Å²) in [6, 6.07) is 9.91. The van der Waals surface area contributed by atoms with Crippen molar-refractivity contribution < 1.29 is 9.53 Å². The third-order valence-electron chi connectivity index (χ3n) is 4.93. The molecule has 3 rings (SSSR count). The Morgan fingerprint density at radius 1 is 1.11 bits per heavy atom. The fourth-order valence-electron chi connectivity index (χ4n) is 3.36. The predicted octanol–water partition coefficient (Wildman–Crippen LogP) is 3.59. The van der Waals surface area contributed by atoms with Crippen molar-refractivity contribution in [2.24, 2.45) is 0 Å². The Morgan fingerprint density at radius 3 is 2.56 bits per heavy atom. The standard InChI is InChI=1S/C21H28N4O2/c1-27-18-10-8-16(9-11-18)12-14-22-20(26)19-13-15-23-21(25-19)24-17-6-4-2-3-5-7-17/h8-11,13,15,17H,2-7,12,14H2,1H3,(H,22,26)(H,23,24,25). The highest BCUT2D eigenvalue weighted by atomic mass is 16.5. The van der Waals surface area contributed by atoms with Gasteiger partial charge >= 0.3 is 0 Å². The summed E-state index contributed by atoms with van der Waals surface area (Å²) < 4.78 is 5.15. The van der Waals surface area contributed by atoms with Crippen LogP contribution in [0.3, 0.4) is 0 Å². The van der Waals surface area contributed by atoms with Crippen LogP contribution in [-0.4, -0.2) is 35.6 Å². The summed E-state index contributed by atoms with van der Waals surface area (Å²) in [6.07, 6.45) is 9.76. The normalized spacial score (nSPS) is 15.0. The lowest BCUT2D eigenvalue weighted by Crippen LogP contribution is -2.27. The summed E-state index contributed by atoms with van der Waals surface area (Å²) >= 11 is 0. The second-order valence-corrected chi connectivity index (χ2v) is 6.95. The number of ether oxygens (including phenoxy) is 1. The molecule has 1 aliphatic rings. The van der Waals surface area contributed by atoms with Gasteiger partial charge in [0, 0.05) is 18.8 Å². The number of nitrogens with one attached hydrogen (secondary N) is 2. The van der Waals surface area contributed by atoms with E-state index in [4.69, 9.17) is 4.74 Å². The van der Waals surface area contributed by atoms with E-state index in [-0.39, 0.29) is 5.91 Å². The maximum Gasteiger partial charge on any atom is 0.270 e. The lowest BCUT2D eigenvalue weighted by atomic mass is 10.1. The molecule has 0 bridgehead atoms. The molecule has 1 aliphatic carbocycles. The molecule has 0 atom stereocenters.